The summed E-state index contributed by atoms with van der Waals surface area (Å²) < 4.78 is 1.77. The van der Waals surface area contributed by atoms with E-state index >= 15 is 0 Å². The molecule has 0 saturated heterocycles. The number of rotatable bonds is 6. The van der Waals surface area contributed by atoms with Gasteiger partial charge in [-0.2, -0.15) is 5.10 Å². The summed E-state index contributed by atoms with van der Waals surface area (Å²) in [5.74, 6) is 0.154. The smallest absolute Gasteiger partial charge is 0.248 e. The number of anilines is 1. The quantitative estimate of drug-likeness (QED) is 0.718. The van der Waals surface area contributed by atoms with Gasteiger partial charge in [-0.3, -0.25) is 4.79 Å². The summed E-state index contributed by atoms with van der Waals surface area (Å²) >= 11 is 0. The first-order valence-corrected chi connectivity index (χ1v) is 7.11. The number of amides is 1. The highest BCUT2D eigenvalue weighted by Gasteiger charge is 2.02. The summed E-state index contributed by atoms with van der Waals surface area (Å²) in [4.78, 5) is 19.2. The van der Waals surface area contributed by atoms with Gasteiger partial charge in [0.05, 0.1) is 6.54 Å². The van der Waals surface area contributed by atoms with E-state index < -0.39 is 5.91 Å². The van der Waals surface area contributed by atoms with Crippen LogP contribution < -0.4 is 11.1 Å². The number of carbonyl (C=O) groups is 1. The van der Waals surface area contributed by atoms with Gasteiger partial charge in [-0.25, -0.2) is 14.6 Å². The van der Waals surface area contributed by atoms with E-state index in [9.17, 15) is 4.79 Å². The summed E-state index contributed by atoms with van der Waals surface area (Å²) in [6.07, 6.45) is 4.77. The number of pyridine rings is 1. The molecule has 23 heavy (non-hydrogen) atoms. The molecular weight excluding hydrogens is 292 g/mol. The number of nitrogens with two attached hydrogens (primary N) is 1. The van der Waals surface area contributed by atoms with Crippen LogP contribution in [0.15, 0.2) is 55.2 Å². The zero-order valence-electron chi connectivity index (χ0n) is 12.4. The second-order valence-corrected chi connectivity index (χ2v) is 5.06. The number of benzene rings is 1. The summed E-state index contributed by atoms with van der Waals surface area (Å²) in [6, 6.07) is 11.4. The highest BCUT2D eigenvalue weighted by molar-refractivity contribution is 5.93. The third kappa shape index (κ3) is 3.91. The van der Waals surface area contributed by atoms with Crippen molar-refractivity contribution in [2.75, 3.05) is 5.32 Å². The molecule has 1 amide bonds. The van der Waals surface area contributed by atoms with Crippen LogP contribution in [0.4, 0.5) is 5.82 Å². The number of hydrogen-bond acceptors (Lipinski definition) is 5. The third-order valence-corrected chi connectivity index (χ3v) is 3.35. The third-order valence-electron chi connectivity index (χ3n) is 3.35. The van der Waals surface area contributed by atoms with Gasteiger partial charge in [-0.15, -0.1) is 0 Å². The molecule has 116 valence electrons. The zero-order chi connectivity index (χ0) is 16.1. The van der Waals surface area contributed by atoms with Gasteiger partial charge in [-0.05, 0) is 23.3 Å². The fourth-order valence-corrected chi connectivity index (χ4v) is 2.14. The maximum Gasteiger partial charge on any atom is 0.248 e. The first-order chi connectivity index (χ1) is 11.2. The van der Waals surface area contributed by atoms with Gasteiger partial charge in [0.1, 0.15) is 18.5 Å². The van der Waals surface area contributed by atoms with Crippen molar-refractivity contribution in [3.63, 3.8) is 0 Å². The molecule has 0 fully saturated rings. The van der Waals surface area contributed by atoms with Crippen LogP contribution in [0.2, 0.25) is 0 Å². The van der Waals surface area contributed by atoms with Crippen LogP contribution in [0.1, 0.15) is 21.5 Å². The minimum atomic E-state index is -0.465. The second-order valence-electron chi connectivity index (χ2n) is 5.06. The highest BCUT2D eigenvalue weighted by Crippen LogP contribution is 2.10. The number of carbonyl (C=O) groups excluding carboxylic acids is 1. The molecule has 0 radical (unpaired) electrons. The van der Waals surface area contributed by atoms with E-state index in [0.717, 1.165) is 11.1 Å². The number of hydrogen-bond donors (Lipinski definition) is 2. The minimum Gasteiger partial charge on any atom is -0.366 e. The Morgan fingerprint density at radius 3 is 2.65 bits per heavy atom. The standard InChI is InChI=1S/C16H16N6O/c17-16(23)14-5-6-19-15(7-14)20-8-12-1-3-13(4-2-12)9-22-11-18-10-21-22/h1-7,10-11H,8-9H2,(H2,17,23)(H,19,20). The van der Waals surface area contributed by atoms with Gasteiger partial charge in [-0.1, -0.05) is 24.3 Å². The van der Waals surface area contributed by atoms with Crippen molar-refractivity contribution in [3.05, 3.63) is 71.9 Å². The predicted octanol–water partition coefficient (Wildman–Crippen LogP) is 1.43. The van der Waals surface area contributed by atoms with Crippen LogP contribution in [0.3, 0.4) is 0 Å². The normalized spacial score (nSPS) is 10.4. The first-order valence-electron chi connectivity index (χ1n) is 7.11. The Bertz CT molecular complexity index is 783. The van der Waals surface area contributed by atoms with E-state index in [1.54, 1.807) is 29.3 Å². The van der Waals surface area contributed by atoms with Crippen LogP contribution in [-0.2, 0) is 13.1 Å². The Morgan fingerprint density at radius 1 is 1.17 bits per heavy atom. The van der Waals surface area contributed by atoms with Crippen LogP contribution >= 0.6 is 0 Å². The van der Waals surface area contributed by atoms with Gasteiger partial charge in [0.2, 0.25) is 5.91 Å². The lowest BCUT2D eigenvalue weighted by Gasteiger charge is -2.07. The van der Waals surface area contributed by atoms with E-state index in [1.165, 1.54) is 6.33 Å². The topological polar surface area (TPSA) is 98.7 Å². The summed E-state index contributed by atoms with van der Waals surface area (Å²) in [6.45, 7) is 1.30. The molecule has 0 saturated carbocycles. The van der Waals surface area contributed by atoms with E-state index in [2.05, 4.69) is 20.4 Å². The van der Waals surface area contributed by atoms with Crippen LogP contribution in [0, 0.1) is 0 Å². The maximum atomic E-state index is 11.2. The number of primary amides is 1. The molecule has 2 heterocycles. The summed E-state index contributed by atoms with van der Waals surface area (Å²) in [5.41, 5.74) is 7.95. The largest absolute Gasteiger partial charge is 0.366 e. The Kier molecular flexibility index (Phi) is 4.28. The molecular formula is C16H16N6O. The lowest BCUT2D eigenvalue weighted by molar-refractivity contribution is 0.1000. The fraction of sp³-hybridized carbons (Fsp3) is 0.125. The minimum absolute atomic E-state index is 0.436. The van der Waals surface area contributed by atoms with Crippen molar-refractivity contribution in [2.24, 2.45) is 5.73 Å². The average molecular weight is 308 g/mol. The van der Waals surface area contributed by atoms with Gasteiger partial charge in [0, 0.05) is 18.3 Å². The van der Waals surface area contributed by atoms with Crippen molar-refractivity contribution >= 4 is 11.7 Å². The number of nitrogens with zero attached hydrogens (tertiary/aromatic N) is 4. The highest BCUT2D eigenvalue weighted by atomic mass is 16.1. The molecule has 0 spiro atoms. The molecule has 0 atom stereocenters. The molecule has 0 bridgehead atoms. The van der Waals surface area contributed by atoms with Crippen molar-refractivity contribution < 1.29 is 4.79 Å². The molecule has 0 aliphatic heterocycles. The first kappa shape index (κ1) is 14.7. The van der Waals surface area contributed by atoms with E-state index in [0.29, 0.717) is 24.5 Å². The Morgan fingerprint density at radius 2 is 1.96 bits per heavy atom. The van der Waals surface area contributed by atoms with Crippen LogP contribution in [0.25, 0.3) is 0 Å². The fourth-order valence-electron chi connectivity index (χ4n) is 2.14. The molecule has 7 nitrogen and oxygen atoms in total. The van der Waals surface area contributed by atoms with Gasteiger partial charge in [0.15, 0.2) is 0 Å². The van der Waals surface area contributed by atoms with Crippen molar-refractivity contribution in [3.8, 4) is 0 Å². The molecule has 3 N–H and O–H groups in total. The maximum absolute atomic E-state index is 11.2. The zero-order valence-corrected chi connectivity index (χ0v) is 12.4. The van der Waals surface area contributed by atoms with Gasteiger partial charge < -0.3 is 11.1 Å². The molecule has 0 aliphatic rings. The van der Waals surface area contributed by atoms with Gasteiger partial charge in [0.25, 0.3) is 0 Å². The van der Waals surface area contributed by atoms with Crippen molar-refractivity contribution in [2.45, 2.75) is 13.1 Å². The molecule has 3 aromatic rings. The summed E-state index contributed by atoms with van der Waals surface area (Å²) in [7, 11) is 0. The molecule has 2 aromatic heterocycles. The van der Waals surface area contributed by atoms with Crippen LogP contribution in [0.5, 0.6) is 0 Å². The lowest BCUT2D eigenvalue weighted by Crippen LogP contribution is -2.12. The van der Waals surface area contributed by atoms with Crippen molar-refractivity contribution in [1.29, 1.82) is 0 Å². The van der Waals surface area contributed by atoms with Crippen LogP contribution in [-0.4, -0.2) is 25.7 Å². The van der Waals surface area contributed by atoms with Gasteiger partial charge >= 0.3 is 0 Å². The predicted molar refractivity (Wildman–Crippen MR) is 85.6 cm³/mol. The monoisotopic (exact) mass is 308 g/mol. The molecule has 3 rings (SSSR count). The Labute approximate surface area is 133 Å². The van der Waals surface area contributed by atoms with Crippen molar-refractivity contribution in [1.82, 2.24) is 19.7 Å². The Balaban J connectivity index is 1.60. The molecule has 0 unspecified atom stereocenters. The Hall–Kier alpha value is -3.22. The SMILES string of the molecule is NC(=O)c1ccnc(NCc2ccc(Cn3cncn3)cc2)c1. The lowest BCUT2D eigenvalue weighted by atomic mass is 10.1. The van der Waals surface area contributed by atoms with E-state index in [4.69, 9.17) is 5.73 Å². The average Bonchev–Trinajstić information content (AvgIpc) is 3.07. The summed E-state index contributed by atoms with van der Waals surface area (Å²) in [5, 5.41) is 7.25. The van der Waals surface area contributed by atoms with E-state index in [-0.39, 0.29) is 0 Å². The number of aromatic nitrogens is 4. The number of nitrogens with one attached hydrogen (secondary N) is 1. The molecule has 7 heteroatoms. The second kappa shape index (κ2) is 6.69. The van der Waals surface area contributed by atoms with E-state index in [1.807, 2.05) is 24.3 Å². The molecule has 0 aliphatic carbocycles. The molecule has 1 aromatic carbocycles.